The van der Waals surface area contributed by atoms with Crippen molar-refractivity contribution in [3.8, 4) is 11.5 Å². The van der Waals surface area contributed by atoms with Gasteiger partial charge >= 0.3 is 6.03 Å². The molecule has 48 heavy (non-hydrogen) atoms. The van der Waals surface area contributed by atoms with Gasteiger partial charge in [0.05, 0.1) is 18.8 Å². The van der Waals surface area contributed by atoms with E-state index in [1.807, 2.05) is 84.9 Å². The fourth-order valence-electron chi connectivity index (χ4n) is 5.38. The highest BCUT2D eigenvalue weighted by atomic mass is 32.2. The average Bonchev–Trinajstić information content (AvgIpc) is 3.12. The molecule has 0 saturated carbocycles. The van der Waals surface area contributed by atoms with Crippen LogP contribution in [0.15, 0.2) is 133 Å². The van der Waals surface area contributed by atoms with E-state index in [0.29, 0.717) is 28.8 Å². The number of thioether (sulfide) groups is 1. The molecule has 0 bridgehead atoms. The number of aromatic nitrogens is 1. The molecule has 9 nitrogen and oxygen atoms in total. The highest BCUT2D eigenvalue weighted by Gasteiger charge is 2.38. The Morgan fingerprint density at radius 1 is 0.833 bits per heavy atom. The van der Waals surface area contributed by atoms with Crippen molar-refractivity contribution in [2.24, 2.45) is 5.92 Å². The van der Waals surface area contributed by atoms with E-state index >= 15 is 0 Å². The molecule has 2 amide bonds. The molecule has 246 valence electrons. The molecule has 0 unspecified atom stereocenters. The largest absolute Gasteiger partial charge is 0.618 e. The minimum absolute atomic E-state index is 0.00730. The standard InChI is InChI=1S/C38H37N3O6S/c1-26-34(25-48-35-9-5-6-22-41(35)44)46-37(47-36(26)29-14-12-28(24-42)13-15-29)30-16-10-27(11-17-30)23-39-38(43)40-31-18-20-33(21-19-31)45-32-7-3-2-4-8-32/h2-22,26,34,36-37,42H,23-25H2,1H3,(H2,39,40,43)/t26-,34+,36+,37+/m0/s1. The SMILES string of the molecule is C[C@H]1[C@@H](CSc2cccc[n+]2[O-])O[C@@H](c2ccc(CNC(=O)Nc3ccc(Oc4ccccc4)cc3)cc2)O[C@H]1c1ccc(CO)cc1. The number of aliphatic hydroxyl groups is 1. The highest BCUT2D eigenvalue weighted by Crippen LogP contribution is 2.43. The van der Waals surface area contributed by atoms with E-state index < -0.39 is 6.29 Å². The first-order valence-electron chi connectivity index (χ1n) is 15.7. The van der Waals surface area contributed by atoms with Crippen LogP contribution < -0.4 is 20.1 Å². The summed E-state index contributed by atoms with van der Waals surface area (Å²) < 4.78 is 19.7. The van der Waals surface area contributed by atoms with Crippen LogP contribution in [0.4, 0.5) is 10.5 Å². The summed E-state index contributed by atoms with van der Waals surface area (Å²) in [5, 5.41) is 28.1. The van der Waals surface area contributed by atoms with Crippen molar-refractivity contribution >= 4 is 23.5 Å². The van der Waals surface area contributed by atoms with Crippen molar-refractivity contribution in [3.05, 3.63) is 155 Å². The summed E-state index contributed by atoms with van der Waals surface area (Å²) in [6.45, 7) is 2.39. The number of carbonyl (C=O) groups excluding carboxylic acids is 1. The third kappa shape index (κ3) is 8.53. The Kier molecular flexibility index (Phi) is 10.9. The minimum atomic E-state index is -0.636. The fraction of sp³-hybridized carbons (Fsp3) is 0.211. The number of hydrogen-bond donors (Lipinski definition) is 3. The zero-order valence-electron chi connectivity index (χ0n) is 26.4. The van der Waals surface area contributed by atoms with Crippen LogP contribution in [0.1, 0.15) is 41.6 Å². The number of nitrogens with one attached hydrogen (secondary N) is 2. The summed E-state index contributed by atoms with van der Waals surface area (Å²) in [5.74, 6) is 1.98. The quantitative estimate of drug-likeness (QED) is 0.0761. The topological polar surface area (TPSA) is 116 Å². The van der Waals surface area contributed by atoms with Crippen molar-refractivity contribution in [1.29, 1.82) is 0 Å². The van der Waals surface area contributed by atoms with Gasteiger partial charge in [0.25, 0.3) is 5.03 Å². The number of urea groups is 1. The Hall–Kier alpha value is -4.87. The molecule has 0 aliphatic carbocycles. The number of pyridine rings is 1. The molecule has 1 fully saturated rings. The first-order valence-corrected chi connectivity index (χ1v) is 16.7. The number of ether oxygens (including phenoxy) is 3. The lowest BCUT2D eigenvalue weighted by atomic mass is 9.91. The van der Waals surface area contributed by atoms with Gasteiger partial charge in [0.2, 0.25) is 0 Å². The Bertz CT molecular complexity index is 1770. The molecule has 2 heterocycles. The maximum absolute atomic E-state index is 12.6. The van der Waals surface area contributed by atoms with Crippen molar-refractivity contribution in [2.75, 3.05) is 11.1 Å². The molecule has 6 rings (SSSR count). The number of carbonyl (C=O) groups is 1. The number of anilines is 1. The van der Waals surface area contributed by atoms with Crippen LogP contribution in [0.3, 0.4) is 0 Å². The molecular weight excluding hydrogens is 627 g/mol. The third-order valence-electron chi connectivity index (χ3n) is 8.10. The minimum Gasteiger partial charge on any atom is -0.618 e. The molecule has 0 spiro atoms. The van der Waals surface area contributed by atoms with E-state index in [0.717, 1.165) is 32.7 Å². The summed E-state index contributed by atoms with van der Waals surface area (Å²) in [4.78, 5) is 12.6. The van der Waals surface area contributed by atoms with Gasteiger partial charge in [-0.1, -0.05) is 85.4 Å². The number of aliphatic hydroxyl groups excluding tert-OH is 1. The first kappa shape index (κ1) is 33.0. The number of hydrogen-bond acceptors (Lipinski definition) is 7. The molecule has 1 aliphatic rings. The maximum Gasteiger partial charge on any atom is 0.319 e. The van der Waals surface area contributed by atoms with Gasteiger partial charge in [0.1, 0.15) is 11.5 Å². The second-order valence-corrected chi connectivity index (χ2v) is 12.5. The number of para-hydroxylation sites is 1. The van der Waals surface area contributed by atoms with Crippen molar-refractivity contribution < 1.29 is 28.8 Å². The Morgan fingerprint density at radius 3 is 2.21 bits per heavy atom. The number of rotatable bonds is 11. The normalized spacial score (nSPS) is 19.0. The van der Waals surface area contributed by atoms with Crippen LogP contribution in [0.2, 0.25) is 0 Å². The van der Waals surface area contributed by atoms with Gasteiger partial charge in [-0.25, -0.2) is 4.79 Å². The van der Waals surface area contributed by atoms with E-state index in [1.165, 1.54) is 18.0 Å². The van der Waals surface area contributed by atoms with Gasteiger partial charge in [0.15, 0.2) is 12.5 Å². The molecule has 1 aliphatic heterocycles. The summed E-state index contributed by atoms with van der Waals surface area (Å²) >= 11 is 1.46. The van der Waals surface area contributed by atoms with E-state index in [2.05, 4.69) is 17.6 Å². The third-order valence-corrected chi connectivity index (χ3v) is 9.21. The maximum atomic E-state index is 12.6. The van der Waals surface area contributed by atoms with Gasteiger partial charge in [-0.05, 0) is 59.2 Å². The van der Waals surface area contributed by atoms with Gasteiger partial charge in [0, 0.05) is 41.6 Å². The zero-order valence-corrected chi connectivity index (χ0v) is 27.2. The lowest BCUT2D eigenvalue weighted by Gasteiger charge is -2.41. The Morgan fingerprint density at radius 2 is 1.50 bits per heavy atom. The van der Waals surface area contributed by atoms with Crippen LogP contribution in [0.25, 0.3) is 0 Å². The molecule has 4 aromatic carbocycles. The zero-order chi connectivity index (χ0) is 33.3. The molecule has 0 radical (unpaired) electrons. The van der Waals surface area contributed by atoms with Gasteiger partial charge in [-0.3, -0.25) is 0 Å². The Labute approximate surface area is 284 Å². The number of benzene rings is 4. The predicted octanol–water partition coefficient (Wildman–Crippen LogP) is 7.51. The van der Waals surface area contributed by atoms with Gasteiger partial charge in [-0.2, -0.15) is 4.73 Å². The van der Waals surface area contributed by atoms with E-state index in [4.69, 9.17) is 14.2 Å². The second-order valence-electron chi connectivity index (χ2n) is 11.5. The van der Waals surface area contributed by atoms with Crippen LogP contribution in [0, 0.1) is 11.1 Å². The molecule has 10 heteroatoms. The lowest BCUT2D eigenvalue weighted by molar-refractivity contribution is -0.645. The van der Waals surface area contributed by atoms with Crippen molar-refractivity contribution in [3.63, 3.8) is 0 Å². The lowest BCUT2D eigenvalue weighted by Crippen LogP contribution is -2.39. The highest BCUT2D eigenvalue weighted by molar-refractivity contribution is 7.99. The van der Waals surface area contributed by atoms with Crippen LogP contribution >= 0.6 is 11.8 Å². The van der Waals surface area contributed by atoms with Crippen molar-refractivity contribution in [1.82, 2.24) is 5.32 Å². The van der Waals surface area contributed by atoms with Crippen LogP contribution in [0.5, 0.6) is 11.5 Å². The average molecular weight is 664 g/mol. The Balaban J connectivity index is 1.07. The van der Waals surface area contributed by atoms with Crippen LogP contribution in [-0.4, -0.2) is 23.0 Å². The molecule has 1 aromatic heterocycles. The molecule has 5 aromatic rings. The summed E-state index contributed by atoms with van der Waals surface area (Å²) in [7, 11) is 0. The first-order chi connectivity index (χ1) is 23.4. The summed E-state index contributed by atoms with van der Waals surface area (Å²) in [5.41, 5.74) is 4.23. The smallest absolute Gasteiger partial charge is 0.319 e. The number of nitrogens with zero attached hydrogens (tertiary/aromatic N) is 1. The van der Waals surface area contributed by atoms with E-state index in [-0.39, 0.29) is 30.8 Å². The van der Waals surface area contributed by atoms with E-state index in [1.54, 1.807) is 36.4 Å². The monoisotopic (exact) mass is 663 g/mol. The molecule has 3 N–H and O–H groups in total. The van der Waals surface area contributed by atoms with Gasteiger partial charge in [-0.15, -0.1) is 0 Å². The second kappa shape index (κ2) is 15.8. The molecule has 1 saturated heterocycles. The van der Waals surface area contributed by atoms with E-state index in [9.17, 15) is 15.1 Å². The molecular formula is C38H37N3O6S. The fourth-order valence-corrected chi connectivity index (χ4v) is 6.46. The van der Waals surface area contributed by atoms with Crippen molar-refractivity contribution in [2.45, 2.75) is 43.6 Å². The van der Waals surface area contributed by atoms with Gasteiger partial charge < -0.3 is 35.2 Å². The predicted molar refractivity (Wildman–Crippen MR) is 184 cm³/mol. The summed E-state index contributed by atoms with van der Waals surface area (Å²) in [6, 6.07) is 37.3. The summed E-state index contributed by atoms with van der Waals surface area (Å²) in [6.07, 6.45) is 0.385. The number of amides is 2. The molecule has 4 atom stereocenters. The van der Waals surface area contributed by atoms with Crippen LogP contribution in [-0.2, 0) is 22.6 Å².